The van der Waals surface area contributed by atoms with Crippen LogP contribution in [-0.2, 0) is 9.47 Å². The molecule has 0 spiro atoms. The van der Waals surface area contributed by atoms with Crippen LogP contribution in [-0.4, -0.2) is 19.0 Å². The van der Waals surface area contributed by atoms with Crippen molar-refractivity contribution in [2.75, 3.05) is 6.54 Å². The molecule has 0 aliphatic carbocycles. The first-order valence-corrected chi connectivity index (χ1v) is 5.60. The van der Waals surface area contributed by atoms with Gasteiger partial charge in [-0.2, -0.15) is 0 Å². The first-order valence-electron chi connectivity index (χ1n) is 5.60. The summed E-state index contributed by atoms with van der Waals surface area (Å²) in [6.45, 7) is 6.39. The number of ether oxygens (including phenoxy) is 2. The standard InChI is InChI=1S/C13H19NO2/c1-3-10-15-11-14-9-7-5-4-6-8-13-12(2)16-13/h3-5,10-11,13H,2,6-9H2,1H3/b5-4?,10-3-,14-11?. The minimum Gasteiger partial charge on any atom is -0.484 e. The normalized spacial score (nSPS) is 19.8. The fourth-order valence-corrected chi connectivity index (χ4v) is 1.21. The van der Waals surface area contributed by atoms with Gasteiger partial charge in [0.05, 0.1) is 6.26 Å². The molecule has 0 amide bonds. The molecule has 3 heteroatoms. The van der Waals surface area contributed by atoms with E-state index in [0.717, 1.165) is 31.6 Å². The largest absolute Gasteiger partial charge is 0.484 e. The zero-order chi connectivity index (χ0) is 11.6. The smallest absolute Gasteiger partial charge is 0.175 e. The molecular formula is C13H19NO2. The van der Waals surface area contributed by atoms with Crippen molar-refractivity contribution < 1.29 is 9.47 Å². The lowest BCUT2D eigenvalue weighted by atomic mass is 10.2. The molecule has 1 atom stereocenters. The Kier molecular flexibility index (Phi) is 6.07. The average Bonchev–Trinajstić information content (AvgIpc) is 2.97. The number of epoxide rings is 1. The first kappa shape index (κ1) is 12.6. The lowest BCUT2D eigenvalue weighted by molar-refractivity contribution is 0.415. The van der Waals surface area contributed by atoms with E-state index in [4.69, 9.17) is 9.47 Å². The number of nitrogens with zero attached hydrogens (tertiary/aromatic N) is 1. The molecule has 0 aromatic carbocycles. The van der Waals surface area contributed by atoms with E-state index in [1.54, 1.807) is 6.26 Å². The fourth-order valence-electron chi connectivity index (χ4n) is 1.21. The Hall–Kier alpha value is -1.51. The minimum absolute atomic E-state index is 0.317. The third-order valence-electron chi connectivity index (χ3n) is 2.13. The van der Waals surface area contributed by atoms with E-state index in [0.29, 0.717) is 6.10 Å². The van der Waals surface area contributed by atoms with Crippen LogP contribution in [0.2, 0.25) is 0 Å². The summed E-state index contributed by atoms with van der Waals surface area (Å²) >= 11 is 0. The van der Waals surface area contributed by atoms with Gasteiger partial charge in [-0.05, 0) is 26.2 Å². The van der Waals surface area contributed by atoms with Crippen molar-refractivity contribution in [3.63, 3.8) is 0 Å². The molecule has 88 valence electrons. The average molecular weight is 221 g/mol. The predicted molar refractivity (Wildman–Crippen MR) is 66.3 cm³/mol. The van der Waals surface area contributed by atoms with E-state index in [1.165, 1.54) is 6.40 Å². The van der Waals surface area contributed by atoms with Crippen molar-refractivity contribution in [2.24, 2.45) is 4.99 Å². The number of hydrogen-bond acceptors (Lipinski definition) is 3. The summed E-state index contributed by atoms with van der Waals surface area (Å²) < 4.78 is 10.1. The Labute approximate surface area is 97.2 Å². The van der Waals surface area contributed by atoms with Gasteiger partial charge in [0.1, 0.15) is 5.76 Å². The van der Waals surface area contributed by atoms with Crippen molar-refractivity contribution in [1.29, 1.82) is 0 Å². The van der Waals surface area contributed by atoms with E-state index >= 15 is 0 Å². The maximum atomic E-state index is 5.12. The highest BCUT2D eigenvalue weighted by atomic mass is 16.6. The van der Waals surface area contributed by atoms with Gasteiger partial charge in [0.15, 0.2) is 12.5 Å². The molecule has 1 aliphatic heterocycles. The molecule has 1 aliphatic rings. The van der Waals surface area contributed by atoms with Gasteiger partial charge in [-0.1, -0.05) is 24.8 Å². The Morgan fingerprint density at radius 2 is 2.19 bits per heavy atom. The van der Waals surface area contributed by atoms with Gasteiger partial charge < -0.3 is 9.47 Å². The summed E-state index contributed by atoms with van der Waals surface area (Å²) in [4.78, 5) is 4.08. The van der Waals surface area contributed by atoms with Crippen LogP contribution in [0.25, 0.3) is 0 Å². The monoisotopic (exact) mass is 221 g/mol. The maximum absolute atomic E-state index is 5.12. The molecule has 3 nitrogen and oxygen atoms in total. The third-order valence-corrected chi connectivity index (χ3v) is 2.13. The molecule has 0 aromatic heterocycles. The Morgan fingerprint density at radius 3 is 2.88 bits per heavy atom. The molecule has 1 saturated heterocycles. The highest BCUT2D eigenvalue weighted by Crippen LogP contribution is 2.28. The summed E-state index contributed by atoms with van der Waals surface area (Å²) in [5.41, 5.74) is 0. The van der Waals surface area contributed by atoms with Gasteiger partial charge in [-0.3, -0.25) is 4.99 Å². The van der Waals surface area contributed by atoms with Crippen molar-refractivity contribution >= 4 is 6.40 Å². The minimum atomic E-state index is 0.317. The third kappa shape index (κ3) is 6.06. The van der Waals surface area contributed by atoms with Crippen molar-refractivity contribution in [1.82, 2.24) is 0 Å². The Bertz CT molecular complexity index is 292. The summed E-state index contributed by atoms with van der Waals surface area (Å²) in [6.07, 6.45) is 12.5. The van der Waals surface area contributed by atoms with Crippen LogP contribution in [0.5, 0.6) is 0 Å². The van der Waals surface area contributed by atoms with Crippen molar-refractivity contribution in [3.05, 3.63) is 36.8 Å². The lowest BCUT2D eigenvalue weighted by Gasteiger charge is -1.90. The van der Waals surface area contributed by atoms with Crippen LogP contribution < -0.4 is 0 Å². The molecule has 0 N–H and O–H groups in total. The predicted octanol–water partition coefficient (Wildman–Crippen LogP) is 3.20. The molecule has 1 heterocycles. The molecule has 1 unspecified atom stereocenters. The quantitative estimate of drug-likeness (QED) is 0.157. The lowest BCUT2D eigenvalue weighted by Crippen LogP contribution is -1.83. The summed E-state index contributed by atoms with van der Waals surface area (Å²) in [6, 6.07) is 0. The second-order valence-electron chi connectivity index (χ2n) is 3.53. The Morgan fingerprint density at radius 1 is 1.44 bits per heavy atom. The molecule has 0 bridgehead atoms. The van der Waals surface area contributed by atoms with E-state index in [1.807, 2.05) is 13.0 Å². The number of aliphatic imine (C=N–C) groups is 1. The summed E-state index contributed by atoms with van der Waals surface area (Å²) in [5, 5.41) is 0. The fraction of sp³-hybridized carbons (Fsp3) is 0.462. The van der Waals surface area contributed by atoms with Gasteiger partial charge in [0.25, 0.3) is 0 Å². The summed E-state index contributed by atoms with van der Waals surface area (Å²) in [5.74, 6) is 0.930. The highest BCUT2D eigenvalue weighted by molar-refractivity contribution is 5.47. The van der Waals surface area contributed by atoms with Gasteiger partial charge in [-0.25, -0.2) is 0 Å². The van der Waals surface area contributed by atoms with Gasteiger partial charge in [0, 0.05) is 6.54 Å². The highest BCUT2D eigenvalue weighted by Gasteiger charge is 2.28. The van der Waals surface area contributed by atoms with Crippen LogP contribution in [0, 0.1) is 0 Å². The zero-order valence-electron chi connectivity index (χ0n) is 9.76. The SMILES string of the molecule is C=C1OC1CCC=CCCN=CO/C=C\C. The molecule has 1 fully saturated rings. The van der Waals surface area contributed by atoms with Crippen LogP contribution in [0.4, 0.5) is 0 Å². The molecule has 0 aromatic rings. The number of allylic oxidation sites excluding steroid dienone is 2. The summed E-state index contributed by atoms with van der Waals surface area (Å²) in [7, 11) is 0. The Balaban J connectivity index is 1.88. The van der Waals surface area contributed by atoms with E-state index in [9.17, 15) is 0 Å². The van der Waals surface area contributed by atoms with E-state index < -0.39 is 0 Å². The number of rotatable bonds is 8. The van der Waals surface area contributed by atoms with Gasteiger partial charge >= 0.3 is 0 Å². The molecule has 16 heavy (non-hydrogen) atoms. The first-order chi connectivity index (χ1) is 7.84. The number of hydrogen-bond donors (Lipinski definition) is 0. The second-order valence-corrected chi connectivity index (χ2v) is 3.53. The molecule has 0 saturated carbocycles. The topological polar surface area (TPSA) is 34.1 Å². The molecule has 0 radical (unpaired) electrons. The van der Waals surface area contributed by atoms with Crippen LogP contribution in [0.1, 0.15) is 26.2 Å². The second kappa shape index (κ2) is 7.74. The van der Waals surface area contributed by atoms with Crippen LogP contribution in [0.15, 0.2) is 41.8 Å². The van der Waals surface area contributed by atoms with Gasteiger partial charge in [0.2, 0.25) is 0 Å². The van der Waals surface area contributed by atoms with Crippen LogP contribution >= 0.6 is 0 Å². The zero-order valence-corrected chi connectivity index (χ0v) is 9.76. The van der Waals surface area contributed by atoms with E-state index in [2.05, 4.69) is 23.7 Å². The molecule has 1 rings (SSSR count). The van der Waals surface area contributed by atoms with Crippen molar-refractivity contribution in [3.8, 4) is 0 Å². The van der Waals surface area contributed by atoms with Crippen molar-refractivity contribution in [2.45, 2.75) is 32.3 Å². The van der Waals surface area contributed by atoms with E-state index in [-0.39, 0.29) is 0 Å². The van der Waals surface area contributed by atoms with Crippen LogP contribution in [0.3, 0.4) is 0 Å². The maximum Gasteiger partial charge on any atom is 0.175 e. The molecular weight excluding hydrogens is 202 g/mol. The van der Waals surface area contributed by atoms with Gasteiger partial charge in [-0.15, -0.1) is 0 Å².